The van der Waals surface area contributed by atoms with E-state index in [1.807, 2.05) is 24.3 Å². The van der Waals surface area contributed by atoms with E-state index in [0.29, 0.717) is 22.9 Å². The summed E-state index contributed by atoms with van der Waals surface area (Å²) < 4.78 is 10.4. The van der Waals surface area contributed by atoms with Gasteiger partial charge in [-0.2, -0.15) is 0 Å². The number of carbonyl (C=O) groups excluding carboxylic acids is 1. The van der Waals surface area contributed by atoms with Crippen LogP contribution in [0.25, 0.3) is 0 Å². The van der Waals surface area contributed by atoms with Gasteiger partial charge >= 0.3 is 5.97 Å². The Labute approximate surface area is 143 Å². The number of nitrogens with two attached hydrogens (primary N) is 1. The van der Waals surface area contributed by atoms with E-state index in [9.17, 15) is 4.79 Å². The van der Waals surface area contributed by atoms with Crippen molar-refractivity contribution in [2.45, 2.75) is 6.42 Å². The van der Waals surface area contributed by atoms with E-state index in [1.165, 1.54) is 11.3 Å². The Morgan fingerprint density at radius 1 is 1.17 bits per heavy atom. The smallest absolute Gasteiger partial charge is 0.347 e. The van der Waals surface area contributed by atoms with Crippen molar-refractivity contribution in [3.63, 3.8) is 0 Å². The zero-order valence-electron chi connectivity index (χ0n) is 13.1. The van der Waals surface area contributed by atoms with E-state index >= 15 is 0 Å². The van der Waals surface area contributed by atoms with E-state index in [4.69, 9.17) is 15.2 Å². The van der Waals surface area contributed by atoms with Crippen molar-refractivity contribution in [2.75, 3.05) is 12.8 Å². The molecule has 0 saturated carbocycles. The number of carbonyl (C=O) groups is 1. The van der Waals surface area contributed by atoms with Crippen LogP contribution in [0.3, 0.4) is 0 Å². The number of nitrogens with zero attached hydrogens (tertiary/aromatic N) is 1. The first-order chi connectivity index (χ1) is 11.7. The fourth-order valence-corrected chi connectivity index (χ4v) is 2.97. The number of hydrogen-bond donors (Lipinski definition) is 1. The minimum Gasteiger partial charge on any atom is -0.497 e. The Kier molecular flexibility index (Phi) is 4.77. The minimum absolute atomic E-state index is 0.312. The molecule has 0 aliphatic rings. The molecule has 0 radical (unpaired) electrons. The third-order valence-corrected chi connectivity index (χ3v) is 4.31. The molecule has 1 heterocycles. The summed E-state index contributed by atoms with van der Waals surface area (Å²) in [6.45, 7) is 0. The lowest BCUT2D eigenvalue weighted by atomic mass is 10.1. The summed E-state index contributed by atoms with van der Waals surface area (Å²) in [5.74, 6) is 0.316. The van der Waals surface area contributed by atoms with Crippen LogP contribution in [-0.4, -0.2) is 18.1 Å². The van der Waals surface area contributed by atoms with Crippen LogP contribution in [0, 0.1) is 0 Å². The molecule has 0 bridgehead atoms. The third-order valence-electron chi connectivity index (χ3n) is 3.43. The molecule has 5 nitrogen and oxygen atoms in total. The van der Waals surface area contributed by atoms with Crippen molar-refractivity contribution in [1.29, 1.82) is 0 Å². The van der Waals surface area contributed by atoms with Crippen LogP contribution in [0.2, 0.25) is 0 Å². The van der Waals surface area contributed by atoms with E-state index in [-0.39, 0.29) is 0 Å². The second-order valence-corrected chi connectivity index (χ2v) is 6.17. The largest absolute Gasteiger partial charge is 0.497 e. The molecular formula is C18H16N2O3S. The molecule has 6 heteroatoms. The third kappa shape index (κ3) is 3.72. The SMILES string of the molecule is COc1ccc(Cc2cnc(OC(=O)c3ccccc3N)s2)cc1. The zero-order valence-corrected chi connectivity index (χ0v) is 13.9. The maximum absolute atomic E-state index is 12.1. The van der Waals surface area contributed by atoms with Gasteiger partial charge < -0.3 is 15.2 Å². The molecule has 0 spiro atoms. The number of benzene rings is 2. The van der Waals surface area contributed by atoms with E-state index < -0.39 is 5.97 Å². The van der Waals surface area contributed by atoms with Crippen LogP contribution in [-0.2, 0) is 6.42 Å². The summed E-state index contributed by atoms with van der Waals surface area (Å²) in [4.78, 5) is 17.3. The topological polar surface area (TPSA) is 74.4 Å². The van der Waals surface area contributed by atoms with Gasteiger partial charge in [0.05, 0.1) is 12.7 Å². The maximum Gasteiger partial charge on any atom is 0.347 e. The Balaban J connectivity index is 1.67. The number of thiazole rings is 1. The number of rotatable bonds is 5. The molecule has 0 unspecified atom stereocenters. The average molecular weight is 340 g/mol. The maximum atomic E-state index is 12.1. The molecule has 0 amide bonds. The van der Waals surface area contributed by atoms with Gasteiger partial charge in [-0.3, -0.25) is 0 Å². The van der Waals surface area contributed by atoms with Crippen LogP contribution >= 0.6 is 11.3 Å². The second-order valence-electron chi connectivity index (χ2n) is 5.09. The monoisotopic (exact) mass is 340 g/mol. The molecule has 0 saturated heterocycles. The molecular weight excluding hydrogens is 324 g/mol. The Bertz CT molecular complexity index is 843. The Morgan fingerprint density at radius 2 is 1.92 bits per heavy atom. The highest BCUT2D eigenvalue weighted by Gasteiger charge is 2.14. The number of para-hydroxylation sites is 1. The molecule has 2 N–H and O–H groups in total. The summed E-state index contributed by atoms with van der Waals surface area (Å²) in [6, 6.07) is 14.6. The molecule has 1 aromatic heterocycles. The Morgan fingerprint density at radius 3 is 2.62 bits per heavy atom. The number of esters is 1. The molecule has 0 aliphatic heterocycles. The Hall–Kier alpha value is -2.86. The van der Waals surface area contributed by atoms with Crippen LogP contribution in [0.15, 0.2) is 54.7 Å². The first-order valence-electron chi connectivity index (χ1n) is 7.30. The molecule has 2 aromatic carbocycles. The quantitative estimate of drug-likeness (QED) is 0.568. The summed E-state index contributed by atoms with van der Waals surface area (Å²) in [7, 11) is 1.64. The van der Waals surface area contributed by atoms with E-state index in [2.05, 4.69) is 4.98 Å². The van der Waals surface area contributed by atoms with Crippen LogP contribution in [0.5, 0.6) is 10.9 Å². The normalized spacial score (nSPS) is 10.4. The molecule has 122 valence electrons. The highest BCUT2D eigenvalue weighted by molar-refractivity contribution is 7.13. The molecule has 0 atom stereocenters. The average Bonchev–Trinajstić information content (AvgIpc) is 3.02. The number of nitrogen functional groups attached to an aromatic ring is 1. The molecule has 3 aromatic rings. The number of anilines is 1. The summed E-state index contributed by atoms with van der Waals surface area (Å²) in [5.41, 5.74) is 7.63. The van der Waals surface area contributed by atoms with Gasteiger partial charge in [-0.05, 0) is 29.8 Å². The molecule has 24 heavy (non-hydrogen) atoms. The molecule has 0 fully saturated rings. The lowest BCUT2D eigenvalue weighted by molar-refractivity contribution is 0.0735. The van der Waals surface area contributed by atoms with Gasteiger partial charge in [-0.25, -0.2) is 9.78 Å². The first kappa shape index (κ1) is 16.0. The highest BCUT2D eigenvalue weighted by Crippen LogP contribution is 2.25. The first-order valence-corrected chi connectivity index (χ1v) is 8.11. The number of aromatic nitrogens is 1. The number of methoxy groups -OCH3 is 1. The highest BCUT2D eigenvalue weighted by atomic mass is 32.1. The van der Waals surface area contributed by atoms with E-state index in [0.717, 1.165) is 16.2 Å². The van der Waals surface area contributed by atoms with Gasteiger partial charge in [0.25, 0.3) is 5.19 Å². The van der Waals surface area contributed by atoms with Crippen molar-refractivity contribution < 1.29 is 14.3 Å². The van der Waals surface area contributed by atoms with Crippen molar-refractivity contribution in [1.82, 2.24) is 4.98 Å². The van der Waals surface area contributed by atoms with Crippen molar-refractivity contribution >= 4 is 23.0 Å². The minimum atomic E-state index is -0.501. The van der Waals surface area contributed by atoms with Crippen molar-refractivity contribution in [3.05, 3.63) is 70.7 Å². The fourth-order valence-electron chi connectivity index (χ4n) is 2.18. The van der Waals surface area contributed by atoms with Gasteiger partial charge in [-0.15, -0.1) is 0 Å². The van der Waals surface area contributed by atoms with Crippen molar-refractivity contribution in [3.8, 4) is 10.9 Å². The lowest BCUT2D eigenvalue weighted by Crippen LogP contribution is -2.10. The molecule has 0 aliphatic carbocycles. The van der Waals surface area contributed by atoms with Gasteiger partial charge in [-0.1, -0.05) is 35.6 Å². The fraction of sp³-hybridized carbons (Fsp3) is 0.111. The summed E-state index contributed by atoms with van der Waals surface area (Å²) >= 11 is 1.34. The number of ether oxygens (including phenoxy) is 2. The van der Waals surface area contributed by atoms with Gasteiger partial charge in [0.1, 0.15) is 5.75 Å². The molecule has 3 rings (SSSR count). The standard InChI is InChI=1S/C18H16N2O3S/c1-22-13-8-6-12(7-9-13)10-14-11-20-18(24-14)23-17(21)15-4-2-3-5-16(15)19/h2-9,11H,10,19H2,1H3. The van der Waals surface area contributed by atoms with Gasteiger partial charge in [0, 0.05) is 23.2 Å². The van der Waals surface area contributed by atoms with Gasteiger partial charge in [0.2, 0.25) is 0 Å². The zero-order chi connectivity index (χ0) is 16.9. The van der Waals surface area contributed by atoms with Crippen LogP contribution < -0.4 is 15.2 Å². The summed E-state index contributed by atoms with van der Waals surface area (Å²) in [5, 5.41) is 0.312. The van der Waals surface area contributed by atoms with Crippen LogP contribution in [0.4, 0.5) is 5.69 Å². The predicted octanol–water partition coefficient (Wildman–Crippen LogP) is 3.54. The van der Waals surface area contributed by atoms with E-state index in [1.54, 1.807) is 37.6 Å². The van der Waals surface area contributed by atoms with Crippen molar-refractivity contribution in [2.24, 2.45) is 0 Å². The second kappa shape index (κ2) is 7.14. The van der Waals surface area contributed by atoms with Crippen LogP contribution in [0.1, 0.15) is 20.8 Å². The predicted molar refractivity (Wildman–Crippen MR) is 93.7 cm³/mol. The lowest BCUT2D eigenvalue weighted by Gasteiger charge is -2.03. The number of hydrogen-bond acceptors (Lipinski definition) is 6. The summed E-state index contributed by atoms with van der Waals surface area (Å²) in [6.07, 6.45) is 2.43. The van der Waals surface area contributed by atoms with Gasteiger partial charge in [0.15, 0.2) is 0 Å².